The summed E-state index contributed by atoms with van der Waals surface area (Å²) < 4.78 is 4.94. The van der Waals surface area contributed by atoms with Crippen LogP contribution in [0.1, 0.15) is 29.8 Å². The first kappa shape index (κ1) is 19.0. The van der Waals surface area contributed by atoms with E-state index in [1.807, 2.05) is 19.1 Å². The van der Waals surface area contributed by atoms with E-state index in [-0.39, 0.29) is 11.1 Å². The predicted molar refractivity (Wildman–Crippen MR) is 106 cm³/mol. The van der Waals surface area contributed by atoms with Gasteiger partial charge >= 0.3 is 5.97 Å². The summed E-state index contributed by atoms with van der Waals surface area (Å²) in [6.07, 6.45) is 0.892. The van der Waals surface area contributed by atoms with Gasteiger partial charge in [-0.25, -0.2) is 9.69 Å². The Morgan fingerprint density at radius 3 is 2.33 bits per heavy atom. The molecule has 0 aromatic heterocycles. The first-order chi connectivity index (χ1) is 13.0. The fraction of sp³-hybridized carbons (Fsp3) is 0.250. The van der Waals surface area contributed by atoms with Crippen molar-refractivity contribution in [1.29, 1.82) is 0 Å². The highest BCUT2D eigenvalue weighted by atomic mass is 32.2. The molecule has 2 aromatic rings. The van der Waals surface area contributed by atoms with Gasteiger partial charge in [-0.1, -0.05) is 19.1 Å². The number of hydrogen-bond acceptors (Lipinski definition) is 6. The Balaban J connectivity index is 1.70. The highest BCUT2D eigenvalue weighted by molar-refractivity contribution is 8.16. The number of esters is 1. The topological polar surface area (TPSA) is 75.7 Å². The van der Waals surface area contributed by atoms with Crippen LogP contribution < -0.4 is 10.2 Å². The summed E-state index contributed by atoms with van der Waals surface area (Å²) in [5.41, 5.74) is 2.78. The molecule has 2 aromatic carbocycles. The summed E-state index contributed by atoms with van der Waals surface area (Å²) in [5, 5.41) is 2.01. The molecule has 1 atom stereocenters. The Morgan fingerprint density at radius 1 is 1.07 bits per heavy atom. The molecule has 0 spiro atoms. The van der Waals surface area contributed by atoms with Gasteiger partial charge in [0.25, 0.3) is 11.1 Å². The lowest BCUT2D eigenvalue weighted by Crippen LogP contribution is -2.34. The van der Waals surface area contributed by atoms with Gasteiger partial charge in [-0.3, -0.25) is 9.59 Å². The minimum absolute atomic E-state index is 0.309. The van der Waals surface area contributed by atoms with Crippen LogP contribution in [0.2, 0.25) is 0 Å². The van der Waals surface area contributed by atoms with Crippen molar-refractivity contribution in [3.63, 3.8) is 0 Å². The molecule has 0 radical (unpaired) electrons. The molecule has 140 valence electrons. The number of carbonyl (C=O) groups is 3. The number of nitrogens with one attached hydrogen (secondary N) is 1. The van der Waals surface area contributed by atoms with Crippen molar-refractivity contribution in [2.75, 3.05) is 16.8 Å². The van der Waals surface area contributed by atoms with E-state index in [1.165, 1.54) is 4.90 Å². The van der Waals surface area contributed by atoms with Gasteiger partial charge in [-0.05, 0) is 67.1 Å². The molecule has 1 heterocycles. The summed E-state index contributed by atoms with van der Waals surface area (Å²) in [7, 11) is 0. The maximum absolute atomic E-state index is 12.7. The van der Waals surface area contributed by atoms with E-state index in [1.54, 1.807) is 43.3 Å². The van der Waals surface area contributed by atoms with Crippen molar-refractivity contribution < 1.29 is 19.1 Å². The van der Waals surface area contributed by atoms with Gasteiger partial charge < -0.3 is 10.1 Å². The standard InChI is InChI=1S/C20H20N2O4S/c1-3-13-5-11-16(12-6-13)22-18(23)17(27-20(22)25)21-15-9-7-14(8-10-15)19(24)26-4-2/h5-12,17,21H,3-4H2,1-2H3/t17-/m1/s1. The number of ether oxygens (including phenoxy) is 1. The number of amides is 2. The Kier molecular flexibility index (Phi) is 5.81. The van der Waals surface area contributed by atoms with E-state index < -0.39 is 11.3 Å². The number of aryl methyl sites for hydroxylation is 1. The van der Waals surface area contributed by atoms with E-state index in [9.17, 15) is 14.4 Å². The quantitative estimate of drug-likeness (QED) is 0.757. The number of hydrogen-bond donors (Lipinski definition) is 1. The predicted octanol–water partition coefficient (Wildman–Crippen LogP) is 4.06. The summed E-state index contributed by atoms with van der Waals surface area (Å²) in [4.78, 5) is 37.9. The molecule has 0 aliphatic carbocycles. The Bertz CT molecular complexity index is 849. The second kappa shape index (κ2) is 8.26. The van der Waals surface area contributed by atoms with Gasteiger partial charge in [0.1, 0.15) is 0 Å². The second-order valence-corrected chi connectivity index (χ2v) is 6.96. The monoisotopic (exact) mass is 384 g/mol. The van der Waals surface area contributed by atoms with Crippen molar-refractivity contribution in [3.05, 3.63) is 59.7 Å². The van der Waals surface area contributed by atoms with Crippen LogP contribution in [0.4, 0.5) is 16.2 Å². The number of nitrogens with zero attached hydrogens (tertiary/aromatic N) is 1. The van der Waals surface area contributed by atoms with Gasteiger partial charge in [0.2, 0.25) is 0 Å². The Morgan fingerprint density at radius 2 is 1.74 bits per heavy atom. The maximum atomic E-state index is 12.7. The third-order valence-electron chi connectivity index (χ3n) is 4.14. The highest BCUT2D eigenvalue weighted by Gasteiger charge is 2.40. The molecule has 2 amide bonds. The molecule has 27 heavy (non-hydrogen) atoms. The molecule has 1 fully saturated rings. The average Bonchev–Trinajstić information content (AvgIpc) is 2.96. The Labute approximate surface area is 161 Å². The van der Waals surface area contributed by atoms with Gasteiger partial charge in [-0.2, -0.15) is 0 Å². The summed E-state index contributed by atoms with van der Waals surface area (Å²) in [5.74, 6) is -0.712. The number of anilines is 2. The molecular formula is C20H20N2O4S. The first-order valence-electron chi connectivity index (χ1n) is 8.70. The molecule has 7 heteroatoms. The van der Waals surface area contributed by atoms with E-state index in [0.29, 0.717) is 23.5 Å². The fourth-order valence-corrected chi connectivity index (χ4v) is 3.59. The minimum atomic E-state index is -0.711. The number of rotatable bonds is 6. The lowest BCUT2D eigenvalue weighted by molar-refractivity contribution is -0.116. The number of imide groups is 1. The van der Waals surface area contributed by atoms with Crippen LogP contribution in [0.25, 0.3) is 0 Å². The lowest BCUT2D eigenvalue weighted by atomic mass is 10.1. The minimum Gasteiger partial charge on any atom is -0.462 e. The molecule has 1 N–H and O–H groups in total. The zero-order chi connectivity index (χ0) is 19.4. The second-order valence-electron chi connectivity index (χ2n) is 5.90. The molecule has 1 aliphatic rings. The Hall–Kier alpha value is -2.80. The van der Waals surface area contributed by atoms with Gasteiger partial charge in [0.15, 0.2) is 5.37 Å². The van der Waals surface area contributed by atoms with E-state index in [0.717, 1.165) is 23.7 Å². The van der Waals surface area contributed by atoms with Crippen molar-refractivity contribution in [2.24, 2.45) is 0 Å². The number of benzene rings is 2. The average molecular weight is 384 g/mol. The molecular weight excluding hydrogens is 364 g/mol. The number of carbonyl (C=O) groups excluding carboxylic acids is 3. The van der Waals surface area contributed by atoms with Crippen molar-refractivity contribution in [3.8, 4) is 0 Å². The van der Waals surface area contributed by atoms with Gasteiger partial charge in [-0.15, -0.1) is 0 Å². The SMILES string of the molecule is CCOC(=O)c1ccc(N[C@@H]2SC(=O)N(c3ccc(CC)cc3)C2=O)cc1. The zero-order valence-electron chi connectivity index (χ0n) is 15.1. The van der Waals surface area contributed by atoms with Crippen LogP contribution in [-0.4, -0.2) is 29.1 Å². The van der Waals surface area contributed by atoms with E-state index >= 15 is 0 Å². The third-order valence-corrected chi connectivity index (χ3v) is 5.08. The van der Waals surface area contributed by atoms with E-state index in [2.05, 4.69) is 5.32 Å². The van der Waals surface area contributed by atoms with Crippen molar-refractivity contribution in [2.45, 2.75) is 25.6 Å². The maximum Gasteiger partial charge on any atom is 0.338 e. The molecule has 0 unspecified atom stereocenters. The van der Waals surface area contributed by atoms with Crippen molar-refractivity contribution in [1.82, 2.24) is 0 Å². The molecule has 0 saturated carbocycles. The van der Waals surface area contributed by atoms with E-state index in [4.69, 9.17) is 4.74 Å². The van der Waals surface area contributed by atoms with Crippen LogP contribution in [0.15, 0.2) is 48.5 Å². The lowest BCUT2D eigenvalue weighted by Gasteiger charge is -2.15. The summed E-state index contributed by atoms with van der Waals surface area (Å²) in [6.45, 7) is 4.10. The highest BCUT2D eigenvalue weighted by Crippen LogP contribution is 2.32. The zero-order valence-corrected chi connectivity index (χ0v) is 15.9. The molecule has 6 nitrogen and oxygen atoms in total. The van der Waals surface area contributed by atoms with Gasteiger partial charge in [0, 0.05) is 5.69 Å². The smallest absolute Gasteiger partial charge is 0.338 e. The third kappa shape index (κ3) is 4.14. The fourth-order valence-electron chi connectivity index (χ4n) is 2.68. The molecule has 1 saturated heterocycles. The van der Waals surface area contributed by atoms with Crippen LogP contribution >= 0.6 is 11.8 Å². The first-order valence-corrected chi connectivity index (χ1v) is 9.58. The normalized spacial score (nSPS) is 16.5. The molecule has 0 bridgehead atoms. The summed E-state index contributed by atoms with van der Waals surface area (Å²) in [6, 6.07) is 14.0. The van der Waals surface area contributed by atoms with Crippen LogP contribution in [0, 0.1) is 0 Å². The summed E-state index contributed by atoms with van der Waals surface area (Å²) >= 11 is 0.935. The van der Waals surface area contributed by atoms with Crippen LogP contribution in [0.5, 0.6) is 0 Å². The van der Waals surface area contributed by atoms with Crippen molar-refractivity contribution >= 4 is 40.3 Å². The van der Waals surface area contributed by atoms with Gasteiger partial charge in [0.05, 0.1) is 17.9 Å². The molecule has 3 rings (SSSR count). The van der Waals surface area contributed by atoms with Crippen LogP contribution in [-0.2, 0) is 16.0 Å². The van der Waals surface area contributed by atoms with Crippen LogP contribution in [0.3, 0.4) is 0 Å². The number of thioether (sulfide) groups is 1. The molecule has 1 aliphatic heterocycles. The largest absolute Gasteiger partial charge is 0.462 e.